The number of nitrogens with zero attached hydrogens (tertiary/aromatic N) is 3. The van der Waals surface area contributed by atoms with Crippen molar-refractivity contribution in [1.29, 1.82) is 0 Å². The van der Waals surface area contributed by atoms with Crippen LogP contribution in [0.2, 0.25) is 0 Å². The molecular weight excluding hydrogens is 446 g/mol. The normalized spacial score (nSPS) is 17.8. The van der Waals surface area contributed by atoms with Crippen LogP contribution in [-0.2, 0) is 0 Å². The van der Waals surface area contributed by atoms with Crippen LogP contribution in [0.5, 0.6) is 5.75 Å². The predicted molar refractivity (Wildman–Crippen MR) is 123 cm³/mol. The number of allylic oxidation sites excluding steroid dienone is 1. The minimum absolute atomic E-state index is 0.334. The van der Waals surface area contributed by atoms with Crippen LogP contribution in [0, 0.1) is 12.7 Å². The van der Waals surface area contributed by atoms with Gasteiger partial charge in [-0.25, -0.2) is 9.07 Å². The molecule has 0 spiro atoms. The van der Waals surface area contributed by atoms with Crippen LogP contribution < -0.4 is 9.64 Å². The number of ether oxygens (including phenoxy) is 1. The van der Waals surface area contributed by atoms with Crippen LogP contribution in [0.15, 0.2) is 79.1 Å². The lowest BCUT2D eigenvalue weighted by molar-refractivity contribution is -0.0938. The standard InChI is InChI=1S/C26H21F4N3O/c1-15-4-10-22-24(12-15)32(17(3)26(28,29)30)16(2)25(22)34-21-9-11-23-18(13-21)14-31-33(23)20-7-5-19(27)6-8-20/h4-14,16,25H,3H2,1-2H3/t16-,25-/m0/s1. The molecule has 2 atom stereocenters. The van der Waals surface area contributed by atoms with Crippen molar-refractivity contribution in [3.05, 3.63) is 96.1 Å². The molecule has 0 bridgehead atoms. The average Bonchev–Trinajstić information content (AvgIpc) is 3.32. The van der Waals surface area contributed by atoms with Crippen molar-refractivity contribution in [1.82, 2.24) is 9.78 Å². The Bertz CT molecular complexity index is 1390. The van der Waals surface area contributed by atoms with Crippen LogP contribution in [-0.4, -0.2) is 22.0 Å². The van der Waals surface area contributed by atoms with Crippen LogP contribution in [0.25, 0.3) is 16.6 Å². The molecule has 174 valence electrons. The highest BCUT2D eigenvalue weighted by Gasteiger charge is 2.46. The van der Waals surface area contributed by atoms with Crippen molar-refractivity contribution in [3.8, 4) is 11.4 Å². The second-order valence-electron chi connectivity index (χ2n) is 8.41. The molecule has 5 rings (SSSR count). The Morgan fingerprint density at radius 3 is 2.47 bits per heavy atom. The zero-order chi connectivity index (χ0) is 24.2. The molecule has 3 aromatic carbocycles. The summed E-state index contributed by atoms with van der Waals surface area (Å²) in [7, 11) is 0. The molecule has 8 heteroatoms. The van der Waals surface area contributed by atoms with E-state index in [-0.39, 0.29) is 5.82 Å². The van der Waals surface area contributed by atoms with E-state index in [2.05, 4.69) is 11.7 Å². The van der Waals surface area contributed by atoms with Gasteiger partial charge in [0, 0.05) is 16.6 Å². The van der Waals surface area contributed by atoms with Gasteiger partial charge in [0.25, 0.3) is 0 Å². The van der Waals surface area contributed by atoms with E-state index in [1.165, 1.54) is 17.0 Å². The first-order chi connectivity index (χ1) is 16.1. The van der Waals surface area contributed by atoms with Crippen molar-refractivity contribution < 1.29 is 22.3 Å². The molecule has 1 aliphatic heterocycles. The summed E-state index contributed by atoms with van der Waals surface area (Å²) in [5, 5.41) is 5.17. The molecule has 0 unspecified atom stereocenters. The minimum Gasteiger partial charge on any atom is -0.483 e. The van der Waals surface area contributed by atoms with Gasteiger partial charge in [0.2, 0.25) is 0 Å². The molecule has 2 heterocycles. The monoisotopic (exact) mass is 467 g/mol. The van der Waals surface area contributed by atoms with Gasteiger partial charge >= 0.3 is 6.18 Å². The molecule has 0 saturated carbocycles. The summed E-state index contributed by atoms with van der Waals surface area (Å²) in [5.74, 6) is 0.174. The van der Waals surface area contributed by atoms with E-state index in [0.29, 0.717) is 22.7 Å². The summed E-state index contributed by atoms with van der Waals surface area (Å²) in [6, 6.07) is 16.1. The number of rotatable bonds is 4. The van der Waals surface area contributed by atoms with Crippen molar-refractivity contribution in [2.75, 3.05) is 4.90 Å². The maximum absolute atomic E-state index is 13.5. The predicted octanol–water partition coefficient (Wildman–Crippen LogP) is 6.88. The lowest BCUT2D eigenvalue weighted by atomic mass is 10.1. The third-order valence-corrected chi connectivity index (χ3v) is 6.09. The number of benzene rings is 3. The molecule has 0 fully saturated rings. The fourth-order valence-electron chi connectivity index (χ4n) is 4.43. The topological polar surface area (TPSA) is 30.3 Å². The van der Waals surface area contributed by atoms with Crippen LogP contribution in [0.4, 0.5) is 23.2 Å². The highest BCUT2D eigenvalue weighted by atomic mass is 19.4. The molecule has 1 aromatic heterocycles. The van der Waals surface area contributed by atoms with Crippen molar-refractivity contribution in [2.45, 2.75) is 32.2 Å². The first-order valence-corrected chi connectivity index (χ1v) is 10.7. The van der Waals surface area contributed by atoms with Gasteiger partial charge in [0.1, 0.15) is 23.4 Å². The van der Waals surface area contributed by atoms with E-state index in [1.807, 2.05) is 19.1 Å². The Balaban J connectivity index is 1.48. The SMILES string of the molecule is C=C(N1c2cc(C)ccc2[C@@H](Oc2ccc3c(cnn3-c3ccc(F)cc3)c2)[C@@H]1C)C(F)(F)F. The van der Waals surface area contributed by atoms with E-state index in [9.17, 15) is 17.6 Å². The quantitative estimate of drug-likeness (QED) is 0.307. The molecule has 0 saturated heterocycles. The first kappa shape index (κ1) is 22.0. The van der Waals surface area contributed by atoms with Gasteiger partial charge < -0.3 is 9.64 Å². The van der Waals surface area contributed by atoms with Gasteiger partial charge in [0.05, 0.1) is 23.4 Å². The largest absolute Gasteiger partial charge is 0.483 e. The molecule has 0 aliphatic carbocycles. The van der Waals surface area contributed by atoms with Crippen molar-refractivity contribution >= 4 is 16.6 Å². The van der Waals surface area contributed by atoms with Crippen molar-refractivity contribution in [2.24, 2.45) is 0 Å². The second kappa shape index (κ2) is 7.90. The number of aryl methyl sites for hydroxylation is 1. The van der Waals surface area contributed by atoms with Crippen molar-refractivity contribution in [3.63, 3.8) is 0 Å². The van der Waals surface area contributed by atoms with Gasteiger partial charge in [-0.15, -0.1) is 0 Å². The molecule has 4 nitrogen and oxygen atoms in total. The van der Waals surface area contributed by atoms with E-state index < -0.39 is 24.0 Å². The summed E-state index contributed by atoms with van der Waals surface area (Å²) >= 11 is 0. The molecule has 0 N–H and O–H groups in total. The summed E-state index contributed by atoms with van der Waals surface area (Å²) < 4.78 is 61.9. The number of fused-ring (bicyclic) bond motifs is 2. The lowest BCUT2D eigenvalue weighted by Gasteiger charge is -2.30. The van der Waals surface area contributed by atoms with E-state index in [1.54, 1.807) is 54.2 Å². The molecular formula is C26H21F4N3O. The fourth-order valence-corrected chi connectivity index (χ4v) is 4.43. The Labute approximate surface area is 193 Å². The highest BCUT2D eigenvalue weighted by molar-refractivity contribution is 5.82. The van der Waals surface area contributed by atoms with Gasteiger partial charge in [-0.05, 0) is 67.9 Å². The Morgan fingerprint density at radius 2 is 1.76 bits per heavy atom. The maximum Gasteiger partial charge on any atom is 0.430 e. The number of hydrogen-bond donors (Lipinski definition) is 0. The number of aromatic nitrogens is 2. The highest BCUT2D eigenvalue weighted by Crippen LogP contribution is 2.47. The Kier molecular flexibility index (Phi) is 5.11. The zero-order valence-corrected chi connectivity index (χ0v) is 18.5. The molecule has 34 heavy (non-hydrogen) atoms. The molecule has 0 amide bonds. The summed E-state index contributed by atoms with van der Waals surface area (Å²) in [6.45, 7) is 6.85. The van der Waals surface area contributed by atoms with Gasteiger partial charge in [0.15, 0.2) is 0 Å². The Morgan fingerprint density at radius 1 is 1.03 bits per heavy atom. The summed E-state index contributed by atoms with van der Waals surface area (Å²) in [4.78, 5) is 1.21. The molecule has 1 aliphatic rings. The number of hydrogen-bond acceptors (Lipinski definition) is 3. The smallest absolute Gasteiger partial charge is 0.430 e. The second-order valence-corrected chi connectivity index (χ2v) is 8.41. The van der Waals surface area contributed by atoms with Crippen LogP contribution in [0.1, 0.15) is 24.2 Å². The van der Waals surface area contributed by atoms with E-state index >= 15 is 0 Å². The summed E-state index contributed by atoms with van der Waals surface area (Å²) in [6.07, 6.45) is -3.52. The van der Waals surface area contributed by atoms with Gasteiger partial charge in [-0.2, -0.15) is 18.3 Å². The van der Waals surface area contributed by atoms with Crippen LogP contribution >= 0.6 is 0 Å². The third-order valence-electron chi connectivity index (χ3n) is 6.09. The molecule has 4 aromatic rings. The lowest BCUT2D eigenvalue weighted by Crippen LogP contribution is -2.37. The third kappa shape index (κ3) is 3.69. The van der Waals surface area contributed by atoms with Gasteiger partial charge in [-0.1, -0.05) is 18.7 Å². The number of anilines is 1. The van der Waals surface area contributed by atoms with Crippen LogP contribution in [0.3, 0.4) is 0 Å². The number of halogens is 4. The van der Waals surface area contributed by atoms with E-state index in [0.717, 1.165) is 16.5 Å². The van der Waals surface area contributed by atoms with Gasteiger partial charge in [-0.3, -0.25) is 0 Å². The Hall–Kier alpha value is -3.81. The zero-order valence-electron chi connectivity index (χ0n) is 18.5. The molecule has 0 radical (unpaired) electrons. The maximum atomic E-state index is 13.5. The minimum atomic E-state index is -4.56. The van der Waals surface area contributed by atoms with E-state index in [4.69, 9.17) is 4.74 Å². The first-order valence-electron chi connectivity index (χ1n) is 10.7. The fraction of sp³-hybridized carbons (Fsp3) is 0.192. The summed E-state index contributed by atoms with van der Waals surface area (Å²) in [5.41, 5.74) is 2.55. The average molecular weight is 467 g/mol. The number of alkyl halides is 3.